The van der Waals surface area contributed by atoms with Gasteiger partial charge in [0.1, 0.15) is 11.4 Å². The molecule has 0 saturated carbocycles. The van der Waals surface area contributed by atoms with Crippen molar-refractivity contribution in [1.82, 2.24) is 20.2 Å². The molecule has 0 radical (unpaired) electrons. The Morgan fingerprint density at radius 2 is 1.74 bits per heavy atom. The van der Waals surface area contributed by atoms with Gasteiger partial charge in [0, 0.05) is 18.5 Å². The van der Waals surface area contributed by atoms with E-state index in [1.54, 1.807) is 30.6 Å². The lowest BCUT2D eigenvalue weighted by Gasteiger charge is -2.05. The quantitative estimate of drug-likeness (QED) is 0.715. The number of rotatable bonds is 3. The smallest absolute Gasteiger partial charge is 0.222 e. The number of para-hydroxylation sites is 1. The summed E-state index contributed by atoms with van der Waals surface area (Å²) in [4.78, 5) is 8.46. The van der Waals surface area contributed by atoms with Gasteiger partial charge >= 0.3 is 0 Å². The van der Waals surface area contributed by atoms with E-state index in [-0.39, 0.29) is 0 Å². The van der Waals surface area contributed by atoms with Crippen LogP contribution in [-0.4, -0.2) is 20.2 Å². The molecular formula is C14H10N4O. The standard InChI is InChI=1S/C14H10N4O/c1-2-5-11(6-3-1)19-13-8-10-15-14(17-13)12-7-4-9-16-18-12/h1-10H. The van der Waals surface area contributed by atoms with Crippen LogP contribution in [0, 0.1) is 0 Å². The second-order valence-corrected chi connectivity index (χ2v) is 3.74. The molecule has 0 unspecified atom stereocenters. The molecule has 0 fully saturated rings. The molecule has 3 rings (SSSR count). The van der Waals surface area contributed by atoms with Gasteiger partial charge in [-0.15, -0.1) is 5.10 Å². The maximum Gasteiger partial charge on any atom is 0.222 e. The summed E-state index contributed by atoms with van der Waals surface area (Å²) in [6.07, 6.45) is 3.24. The highest BCUT2D eigenvalue weighted by molar-refractivity contribution is 5.48. The average Bonchev–Trinajstić information content (AvgIpc) is 2.49. The van der Waals surface area contributed by atoms with Crippen LogP contribution in [0.2, 0.25) is 0 Å². The minimum atomic E-state index is 0.474. The van der Waals surface area contributed by atoms with Crippen molar-refractivity contribution >= 4 is 0 Å². The predicted octanol–water partition coefficient (Wildman–Crippen LogP) is 2.73. The van der Waals surface area contributed by atoms with Gasteiger partial charge < -0.3 is 4.74 Å². The van der Waals surface area contributed by atoms with Crippen molar-refractivity contribution < 1.29 is 4.74 Å². The highest BCUT2D eigenvalue weighted by Gasteiger charge is 2.05. The van der Waals surface area contributed by atoms with Gasteiger partial charge in [0.2, 0.25) is 5.88 Å². The van der Waals surface area contributed by atoms with Crippen LogP contribution in [0.1, 0.15) is 0 Å². The summed E-state index contributed by atoms with van der Waals surface area (Å²) in [5.41, 5.74) is 0.612. The summed E-state index contributed by atoms with van der Waals surface area (Å²) in [6, 6.07) is 14.8. The molecule has 0 saturated heterocycles. The Hall–Kier alpha value is -2.82. The Morgan fingerprint density at radius 3 is 2.53 bits per heavy atom. The molecule has 5 heteroatoms. The molecule has 0 spiro atoms. The normalized spacial score (nSPS) is 10.1. The number of hydrogen-bond donors (Lipinski definition) is 0. The molecule has 2 aromatic heterocycles. The molecule has 5 nitrogen and oxygen atoms in total. The number of hydrogen-bond acceptors (Lipinski definition) is 5. The lowest BCUT2D eigenvalue weighted by molar-refractivity contribution is 0.462. The fourth-order valence-electron chi connectivity index (χ4n) is 1.55. The zero-order valence-corrected chi connectivity index (χ0v) is 9.97. The van der Waals surface area contributed by atoms with E-state index in [0.717, 1.165) is 5.75 Å². The summed E-state index contributed by atoms with van der Waals surface area (Å²) in [5, 5.41) is 7.77. The maximum atomic E-state index is 5.64. The highest BCUT2D eigenvalue weighted by atomic mass is 16.5. The van der Waals surface area contributed by atoms with Crippen molar-refractivity contribution in [2.75, 3.05) is 0 Å². The Balaban J connectivity index is 1.89. The van der Waals surface area contributed by atoms with Crippen molar-refractivity contribution in [3.63, 3.8) is 0 Å². The molecule has 92 valence electrons. The average molecular weight is 250 g/mol. The first kappa shape index (κ1) is 11.3. The molecule has 0 aliphatic carbocycles. The molecule has 0 amide bonds. The summed E-state index contributed by atoms with van der Waals surface area (Å²) in [5.74, 6) is 1.69. The van der Waals surface area contributed by atoms with Gasteiger partial charge in [0.15, 0.2) is 5.82 Å². The molecule has 2 heterocycles. The van der Waals surface area contributed by atoms with Crippen LogP contribution in [0.4, 0.5) is 0 Å². The van der Waals surface area contributed by atoms with Crippen molar-refractivity contribution in [2.45, 2.75) is 0 Å². The number of nitrogens with zero attached hydrogens (tertiary/aromatic N) is 4. The third-order valence-corrected chi connectivity index (χ3v) is 2.40. The summed E-state index contributed by atoms with van der Waals surface area (Å²) < 4.78 is 5.64. The van der Waals surface area contributed by atoms with Gasteiger partial charge in [0.25, 0.3) is 0 Å². The van der Waals surface area contributed by atoms with E-state index in [2.05, 4.69) is 20.2 Å². The van der Waals surface area contributed by atoms with Crippen LogP contribution in [0.25, 0.3) is 11.5 Å². The van der Waals surface area contributed by atoms with E-state index in [1.165, 1.54) is 0 Å². The van der Waals surface area contributed by atoms with Gasteiger partial charge in [-0.2, -0.15) is 10.1 Å². The van der Waals surface area contributed by atoms with E-state index in [1.807, 2.05) is 30.3 Å². The fraction of sp³-hybridized carbons (Fsp3) is 0. The SMILES string of the molecule is c1ccc(Oc2ccnc(-c3cccnn3)n2)cc1. The molecule has 0 aliphatic heterocycles. The Bertz CT molecular complexity index is 659. The zero-order chi connectivity index (χ0) is 12.9. The third kappa shape index (κ3) is 2.71. The first-order valence-corrected chi connectivity index (χ1v) is 5.76. The summed E-state index contributed by atoms with van der Waals surface area (Å²) in [7, 11) is 0. The summed E-state index contributed by atoms with van der Waals surface area (Å²) >= 11 is 0. The minimum Gasteiger partial charge on any atom is -0.439 e. The first-order valence-electron chi connectivity index (χ1n) is 5.76. The van der Waals surface area contributed by atoms with Crippen LogP contribution < -0.4 is 4.74 Å². The number of ether oxygens (including phenoxy) is 1. The van der Waals surface area contributed by atoms with Crippen LogP contribution >= 0.6 is 0 Å². The van der Waals surface area contributed by atoms with Crippen molar-refractivity contribution in [3.05, 3.63) is 60.9 Å². The van der Waals surface area contributed by atoms with Gasteiger partial charge in [-0.05, 0) is 24.3 Å². The topological polar surface area (TPSA) is 60.8 Å². The van der Waals surface area contributed by atoms with Gasteiger partial charge in [-0.25, -0.2) is 4.98 Å². The van der Waals surface area contributed by atoms with E-state index < -0.39 is 0 Å². The Labute approximate surface area is 110 Å². The van der Waals surface area contributed by atoms with E-state index >= 15 is 0 Å². The largest absolute Gasteiger partial charge is 0.439 e. The molecule has 0 aliphatic rings. The minimum absolute atomic E-state index is 0.474. The lowest BCUT2D eigenvalue weighted by Crippen LogP contribution is -1.95. The number of benzene rings is 1. The lowest BCUT2D eigenvalue weighted by atomic mass is 10.3. The molecule has 0 atom stereocenters. The third-order valence-electron chi connectivity index (χ3n) is 2.40. The van der Waals surface area contributed by atoms with Crippen LogP contribution in [0.15, 0.2) is 60.9 Å². The molecule has 1 aromatic carbocycles. The van der Waals surface area contributed by atoms with Crippen molar-refractivity contribution in [2.24, 2.45) is 0 Å². The van der Waals surface area contributed by atoms with Crippen molar-refractivity contribution in [1.29, 1.82) is 0 Å². The Kier molecular flexibility index (Phi) is 3.10. The van der Waals surface area contributed by atoms with E-state index in [4.69, 9.17) is 4.74 Å². The molecular weight excluding hydrogens is 240 g/mol. The van der Waals surface area contributed by atoms with Gasteiger partial charge in [-0.3, -0.25) is 0 Å². The van der Waals surface area contributed by atoms with Crippen LogP contribution in [-0.2, 0) is 0 Å². The van der Waals surface area contributed by atoms with Crippen LogP contribution in [0.5, 0.6) is 11.6 Å². The predicted molar refractivity (Wildman–Crippen MR) is 69.6 cm³/mol. The molecule has 19 heavy (non-hydrogen) atoms. The Morgan fingerprint density at radius 1 is 0.842 bits per heavy atom. The van der Waals surface area contributed by atoms with E-state index in [0.29, 0.717) is 17.4 Å². The second kappa shape index (κ2) is 5.22. The van der Waals surface area contributed by atoms with Gasteiger partial charge in [0.05, 0.1) is 0 Å². The molecule has 3 aromatic rings. The monoisotopic (exact) mass is 250 g/mol. The summed E-state index contributed by atoms with van der Waals surface area (Å²) in [6.45, 7) is 0. The fourth-order valence-corrected chi connectivity index (χ4v) is 1.55. The molecule has 0 N–H and O–H groups in total. The van der Waals surface area contributed by atoms with Crippen LogP contribution in [0.3, 0.4) is 0 Å². The van der Waals surface area contributed by atoms with Crippen molar-refractivity contribution in [3.8, 4) is 23.1 Å². The van der Waals surface area contributed by atoms with E-state index in [9.17, 15) is 0 Å². The highest BCUT2D eigenvalue weighted by Crippen LogP contribution is 2.20. The maximum absolute atomic E-state index is 5.64. The first-order chi connectivity index (χ1) is 9.42. The molecule has 0 bridgehead atoms. The van der Waals surface area contributed by atoms with Gasteiger partial charge in [-0.1, -0.05) is 18.2 Å². The number of aromatic nitrogens is 4. The zero-order valence-electron chi connectivity index (χ0n) is 9.97. The second-order valence-electron chi connectivity index (χ2n) is 3.74.